The molecule has 0 saturated carbocycles. The van der Waals surface area contributed by atoms with Gasteiger partial charge in [0.15, 0.2) is 0 Å². The molecule has 0 unspecified atom stereocenters. The highest BCUT2D eigenvalue weighted by molar-refractivity contribution is 5.95. The summed E-state index contributed by atoms with van der Waals surface area (Å²) in [4.78, 5) is 34.4. The van der Waals surface area contributed by atoms with Crippen molar-refractivity contribution in [2.75, 3.05) is 55.5 Å². The first-order valence-corrected chi connectivity index (χ1v) is 16.7. The number of rotatable bonds is 18. The van der Waals surface area contributed by atoms with E-state index in [4.69, 9.17) is 9.47 Å². The van der Waals surface area contributed by atoms with Gasteiger partial charge in [0.25, 0.3) is 11.8 Å². The minimum absolute atomic E-state index is 0.132. The summed E-state index contributed by atoms with van der Waals surface area (Å²) in [5.41, 5.74) is 3.06. The van der Waals surface area contributed by atoms with Crippen molar-refractivity contribution in [3.05, 3.63) is 132 Å². The van der Waals surface area contributed by atoms with Crippen LogP contribution in [0.25, 0.3) is 0 Å². The smallest absolute Gasteiger partial charge is 0.251 e. The molecule has 0 aliphatic heterocycles. The first-order chi connectivity index (χ1) is 24.7. The van der Waals surface area contributed by atoms with Gasteiger partial charge in [0.2, 0.25) is 5.95 Å². The highest BCUT2D eigenvalue weighted by Gasteiger charge is 2.23. The van der Waals surface area contributed by atoms with Crippen LogP contribution < -0.4 is 26.6 Å². The van der Waals surface area contributed by atoms with E-state index >= 15 is 0 Å². The van der Waals surface area contributed by atoms with Gasteiger partial charge in [-0.3, -0.25) is 9.59 Å². The number of aromatic nitrogens is 2. The zero-order valence-electron chi connectivity index (χ0n) is 28.7. The fourth-order valence-corrected chi connectivity index (χ4v) is 4.97. The SMILES string of the molecule is CC(C)(NC(=O)c1ccc(Nc2cc(NCCOCCOCCNC(=O)c3ccccc3)nc(Nc3ccc(O)cc3)n2)cc1)c1ccccc1. The molecule has 0 atom stereocenters. The quantitative estimate of drug-likeness (QED) is 0.0462. The van der Waals surface area contributed by atoms with Gasteiger partial charge in [0.05, 0.1) is 32.0 Å². The molecule has 2 amide bonds. The summed E-state index contributed by atoms with van der Waals surface area (Å²) < 4.78 is 11.3. The summed E-state index contributed by atoms with van der Waals surface area (Å²) in [5.74, 6) is 1.26. The Morgan fingerprint density at radius 3 is 1.90 bits per heavy atom. The zero-order valence-corrected chi connectivity index (χ0v) is 28.7. The lowest BCUT2D eigenvalue weighted by Crippen LogP contribution is -2.40. The number of carbonyl (C=O) groups is 2. The van der Waals surface area contributed by atoms with Crippen LogP contribution in [0, 0.1) is 0 Å². The maximum absolute atomic E-state index is 13.1. The van der Waals surface area contributed by atoms with Crippen LogP contribution in [-0.4, -0.2) is 66.4 Å². The third-order valence-electron chi connectivity index (χ3n) is 7.68. The standard InChI is InChI=1S/C39H43N7O5/c1-39(2,30-11-7-4-8-12-30)46-37(49)29-13-15-31(16-14-29)42-35-27-34(44-38(45-35)43-32-17-19-33(47)20-18-32)40-21-23-50-25-26-51-24-22-41-36(48)28-9-5-3-6-10-28/h3-20,27,47H,21-26H2,1-2H3,(H,41,48)(H,46,49)(H3,40,42,43,44,45). The number of nitrogens with one attached hydrogen (secondary N) is 5. The van der Waals surface area contributed by atoms with Crippen molar-refractivity contribution in [2.45, 2.75) is 19.4 Å². The van der Waals surface area contributed by atoms with Crippen molar-refractivity contribution >= 4 is 40.8 Å². The molecule has 0 saturated heterocycles. The number of ether oxygens (including phenoxy) is 2. The number of hydrogen-bond acceptors (Lipinski definition) is 10. The second-order valence-electron chi connectivity index (χ2n) is 12.1. The Labute approximate surface area is 297 Å². The molecule has 0 aliphatic rings. The Morgan fingerprint density at radius 1 is 0.647 bits per heavy atom. The summed E-state index contributed by atoms with van der Waals surface area (Å²) >= 11 is 0. The predicted octanol–water partition coefficient (Wildman–Crippen LogP) is 6.21. The Hall–Kier alpha value is -5.98. The highest BCUT2D eigenvalue weighted by atomic mass is 16.5. The van der Waals surface area contributed by atoms with E-state index in [1.807, 2.05) is 74.5 Å². The van der Waals surface area contributed by atoms with Crippen LogP contribution in [-0.2, 0) is 15.0 Å². The minimum Gasteiger partial charge on any atom is -0.508 e. The molecule has 6 N–H and O–H groups in total. The van der Waals surface area contributed by atoms with E-state index in [0.29, 0.717) is 73.9 Å². The number of hydrogen-bond donors (Lipinski definition) is 6. The predicted molar refractivity (Wildman–Crippen MR) is 199 cm³/mol. The van der Waals surface area contributed by atoms with Crippen LogP contribution in [0.2, 0.25) is 0 Å². The van der Waals surface area contributed by atoms with Gasteiger partial charge in [0.1, 0.15) is 17.4 Å². The van der Waals surface area contributed by atoms with Crippen molar-refractivity contribution < 1.29 is 24.2 Å². The second kappa shape index (κ2) is 18.1. The molecule has 0 aliphatic carbocycles. The number of aromatic hydroxyl groups is 1. The summed E-state index contributed by atoms with van der Waals surface area (Å²) in [6, 6.07) is 34.4. The summed E-state index contributed by atoms with van der Waals surface area (Å²) in [6.07, 6.45) is 0. The van der Waals surface area contributed by atoms with Crippen molar-refractivity contribution in [1.29, 1.82) is 0 Å². The van der Waals surface area contributed by atoms with E-state index < -0.39 is 5.54 Å². The van der Waals surface area contributed by atoms with Crippen LogP contribution >= 0.6 is 0 Å². The highest BCUT2D eigenvalue weighted by Crippen LogP contribution is 2.24. The Kier molecular flexibility index (Phi) is 12.9. The Morgan fingerprint density at radius 2 is 1.22 bits per heavy atom. The van der Waals surface area contributed by atoms with Crippen molar-refractivity contribution in [3.8, 4) is 5.75 Å². The largest absolute Gasteiger partial charge is 0.508 e. The molecule has 264 valence electrons. The van der Waals surface area contributed by atoms with Gasteiger partial charge >= 0.3 is 0 Å². The number of benzene rings is 4. The van der Waals surface area contributed by atoms with Gasteiger partial charge in [-0.2, -0.15) is 9.97 Å². The van der Waals surface area contributed by atoms with Gasteiger partial charge in [-0.1, -0.05) is 48.5 Å². The van der Waals surface area contributed by atoms with Crippen molar-refractivity contribution in [2.24, 2.45) is 0 Å². The lowest BCUT2D eigenvalue weighted by molar-refractivity contribution is 0.0519. The molecule has 4 aromatic carbocycles. The number of carbonyl (C=O) groups excluding carboxylic acids is 2. The van der Waals surface area contributed by atoms with Crippen LogP contribution in [0.5, 0.6) is 5.75 Å². The molecular formula is C39H43N7O5. The number of amides is 2. The third-order valence-corrected chi connectivity index (χ3v) is 7.68. The van der Waals surface area contributed by atoms with Crippen LogP contribution in [0.1, 0.15) is 40.1 Å². The van der Waals surface area contributed by atoms with Crippen LogP contribution in [0.15, 0.2) is 115 Å². The third kappa shape index (κ3) is 11.6. The molecule has 1 aromatic heterocycles. The van der Waals surface area contributed by atoms with E-state index in [2.05, 4.69) is 36.6 Å². The monoisotopic (exact) mass is 689 g/mol. The van der Waals surface area contributed by atoms with E-state index in [1.54, 1.807) is 54.6 Å². The molecule has 5 aromatic rings. The van der Waals surface area contributed by atoms with Gasteiger partial charge in [0, 0.05) is 41.7 Å². The van der Waals surface area contributed by atoms with Crippen molar-refractivity contribution in [3.63, 3.8) is 0 Å². The van der Waals surface area contributed by atoms with Gasteiger partial charge in [-0.05, 0) is 80.1 Å². The average molecular weight is 690 g/mol. The maximum Gasteiger partial charge on any atom is 0.251 e. The average Bonchev–Trinajstić information content (AvgIpc) is 3.14. The van der Waals surface area contributed by atoms with Gasteiger partial charge < -0.3 is 41.2 Å². The summed E-state index contributed by atoms with van der Waals surface area (Å²) in [5, 5.41) is 25.3. The molecule has 5 rings (SSSR count). The summed E-state index contributed by atoms with van der Waals surface area (Å²) in [6.45, 7) is 6.42. The fraction of sp³-hybridized carbons (Fsp3) is 0.231. The number of nitrogens with zero attached hydrogens (tertiary/aromatic N) is 2. The number of phenols is 1. The first-order valence-electron chi connectivity index (χ1n) is 16.7. The molecule has 0 fully saturated rings. The van der Waals surface area contributed by atoms with E-state index in [0.717, 1.165) is 11.3 Å². The number of phenolic OH excluding ortho intramolecular Hbond substituents is 1. The molecule has 12 nitrogen and oxygen atoms in total. The van der Waals surface area contributed by atoms with E-state index in [1.165, 1.54) is 0 Å². The molecule has 51 heavy (non-hydrogen) atoms. The lowest BCUT2D eigenvalue weighted by Gasteiger charge is -2.27. The normalized spacial score (nSPS) is 11.0. The molecule has 0 radical (unpaired) electrons. The van der Waals surface area contributed by atoms with Crippen LogP contribution in [0.4, 0.5) is 29.0 Å². The molecule has 0 bridgehead atoms. The first kappa shape index (κ1) is 36.3. The van der Waals surface area contributed by atoms with Gasteiger partial charge in [-0.15, -0.1) is 0 Å². The minimum atomic E-state index is -0.539. The molecular weight excluding hydrogens is 646 g/mol. The maximum atomic E-state index is 13.1. The second-order valence-corrected chi connectivity index (χ2v) is 12.1. The number of anilines is 5. The van der Waals surface area contributed by atoms with E-state index in [-0.39, 0.29) is 17.6 Å². The molecule has 0 spiro atoms. The van der Waals surface area contributed by atoms with Gasteiger partial charge in [-0.25, -0.2) is 0 Å². The van der Waals surface area contributed by atoms with Crippen LogP contribution in [0.3, 0.4) is 0 Å². The fourth-order valence-electron chi connectivity index (χ4n) is 4.97. The summed E-state index contributed by atoms with van der Waals surface area (Å²) in [7, 11) is 0. The molecule has 1 heterocycles. The Balaban J connectivity index is 1.11. The van der Waals surface area contributed by atoms with E-state index in [9.17, 15) is 14.7 Å². The molecule has 12 heteroatoms. The topological polar surface area (TPSA) is 159 Å². The lowest BCUT2D eigenvalue weighted by atomic mass is 9.94. The van der Waals surface area contributed by atoms with Crippen molar-refractivity contribution in [1.82, 2.24) is 20.6 Å². The Bertz CT molecular complexity index is 1840. The zero-order chi connectivity index (χ0) is 35.9.